The summed E-state index contributed by atoms with van der Waals surface area (Å²) in [5.41, 5.74) is 5.77. The van der Waals surface area contributed by atoms with E-state index in [4.69, 9.17) is 5.73 Å². The summed E-state index contributed by atoms with van der Waals surface area (Å²) in [7, 11) is 0. The maximum Gasteiger partial charge on any atom is 0.239 e. The van der Waals surface area contributed by atoms with Crippen LogP contribution in [0.5, 0.6) is 0 Å². The Labute approximate surface area is 145 Å². The molecule has 1 saturated heterocycles. The quantitative estimate of drug-likeness (QED) is 0.674. The van der Waals surface area contributed by atoms with E-state index < -0.39 is 6.04 Å². The number of hydrogen-bond donors (Lipinski definition) is 3. The fourth-order valence-electron chi connectivity index (χ4n) is 3.72. The molecule has 0 radical (unpaired) electrons. The lowest BCUT2D eigenvalue weighted by molar-refractivity contribution is -0.127. The average molecular weight is 338 g/mol. The van der Waals surface area contributed by atoms with Crippen molar-refractivity contribution in [1.29, 1.82) is 0 Å². The summed E-state index contributed by atoms with van der Waals surface area (Å²) in [6.07, 6.45) is 8.77. The van der Waals surface area contributed by atoms with Crippen LogP contribution in [0.3, 0.4) is 0 Å². The Balaban J connectivity index is 1.64. The normalized spacial score (nSPS) is 22.3. The summed E-state index contributed by atoms with van der Waals surface area (Å²) < 4.78 is 0. The van der Waals surface area contributed by atoms with E-state index in [2.05, 4.69) is 15.5 Å². The highest BCUT2D eigenvalue weighted by Gasteiger charge is 2.27. The first-order valence-electron chi connectivity index (χ1n) is 9.54. The second kappa shape index (κ2) is 9.37. The van der Waals surface area contributed by atoms with Crippen LogP contribution < -0.4 is 16.4 Å². The Hall–Kier alpha value is -1.14. The molecule has 0 aromatic rings. The van der Waals surface area contributed by atoms with Gasteiger partial charge in [0.1, 0.15) is 0 Å². The summed E-state index contributed by atoms with van der Waals surface area (Å²) in [4.78, 5) is 26.4. The third kappa shape index (κ3) is 5.74. The van der Waals surface area contributed by atoms with Crippen LogP contribution in [-0.4, -0.2) is 54.5 Å². The number of likely N-dealkylation sites (tertiary alicyclic amines) is 1. The first-order chi connectivity index (χ1) is 11.5. The van der Waals surface area contributed by atoms with Crippen molar-refractivity contribution in [1.82, 2.24) is 15.5 Å². The number of amides is 2. The molecular weight excluding hydrogens is 304 g/mol. The molecule has 1 aliphatic carbocycles. The number of rotatable bonds is 6. The molecule has 138 valence electrons. The lowest BCUT2D eigenvalue weighted by Crippen LogP contribution is -2.51. The van der Waals surface area contributed by atoms with Gasteiger partial charge in [0.25, 0.3) is 0 Å². The van der Waals surface area contributed by atoms with Crippen molar-refractivity contribution in [3.8, 4) is 0 Å². The molecule has 4 N–H and O–H groups in total. The Morgan fingerprint density at radius 3 is 2.29 bits per heavy atom. The molecule has 0 spiro atoms. The molecule has 1 aliphatic heterocycles. The zero-order chi connectivity index (χ0) is 17.5. The topological polar surface area (TPSA) is 87.5 Å². The summed E-state index contributed by atoms with van der Waals surface area (Å²) in [5, 5.41) is 5.67. The van der Waals surface area contributed by atoms with Crippen LogP contribution in [0.2, 0.25) is 0 Å². The summed E-state index contributed by atoms with van der Waals surface area (Å²) in [6.45, 7) is 5.94. The van der Waals surface area contributed by atoms with Gasteiger partial charge in [-0.3, -0.25) is 9.59 Å². The van der Waals surface area contributed by atoms with Crippen LogP contribution in [0.25, 0.3) is 0 Å². The van der Waals surface area contributed by atoms with Gasteiger partial charge in [-0.15, -0.1) is 0 Å². The number of carbonyl (C=O) groups is 2. The fourth-order valence-corrected chi connectivity index (χ4v) is 3.72. The van der Waals surface area contributed by atoms with Crippen molar-refractivity contribution in [3.05, 3.63) is 0 Å². The van der Waals surface area contributed by atoms with Crippen LogP contribution in [0.15, 0.2) is 0 Å². The highest BCUT2D eigenvalue weighted by molar-refractivity contribution is 5.87. The molecule has 0 unspecified atom stereocenters. The van der Waals surface area contributed by atoms with E-state index in [1.54, 1.807) is 0 Å². The minimum atomic E-state index is -0.559. The van der Waals surface area contributed by atoms with E-state index in [-0.39, 0.29) is 30.3 Å². The number of piperidine rings is 1. The lowest BCUT2D eigenvalue weighted by Gasteiger charge is -2.39. The first kappa shape index (κ1) is 19.2. The minimum absolute atomic E-state index is 0.0160. The van der Waals surface area contributed by atoms with E-state index in [9.17, 15) is 9.59 Å². The van der Waals surface area contributed by atoms with Gasteiger partial charge in [-0.05, 0) is 31.6 Å². The average Bonchev–Trinajstić information content (AvgIpc) is 2.60. The van der Waals surface area contributed by atoms with Gasteiger partial charge in [-0.25, -0.2) is 0 Å². The molecule has 0 aromatic heterocycles. The number of carbonyl (C=O) groups excluding carboxylic acids is 2. The third-order valence-electron chi connectivity index (χ3n) is 5.43. The molecule has 1 saturated carbocycles. The largest absolute Gasteiger partial charge is 0.352 e. The smallest absolute Gasteiger partial charge is 0.239 e. The second-order valence-corrected chi connectivity index (χ2v) is 7.66. The first-order valence-corrected chi connectivity index (χ1v) is 9.54. The van der Waals surface area contributed by atoms with Gasteiger partial charge in [0.05, 0.1) is 12.6 Å². The molecule has 0 bridgehead atoms. The summed E-state index contributed by atoms with van der Waals surface area (Å²) >= 11 is 0. The molecule has 6 heteroatoms. The zero-order valence-electron chi connectivity index (χ0n) is 15.2. The molecular formula is C18H34N4O2. The third-order valence-corrected chi connectivity index (χ3v) is 5.43. The molecule has 24 heavy (non-hydrogen) atoms. The van der Waals surface area contributed by atoms with Crippen molar-refractivity contribution in [2.24, 2.45) is 11.7 Å². The van der Waals surface area contributed by atoms with Gasteiger partial charge in [-0.1, -0.05) is 33.1 Å². The molecule has 6 nitrogen and oxygen atoms in total. The molecule has 1 heterocycles. The van der Waals surface area contributed by atoms with Crippen molar-refractivity contribution in [2.75, 3.05) is 19.6 Å². The predicted molar refractivity (Wildman–Crippen MR) is 95.4 cm³/mol. The van der Waals surface area contributed by atoms with Crippen molar-refractivity contribution >= 4 is 11.8 Å². The Kier molecular flexibility index (Phi) is 7.49. The van der Waals surface area contributed by atoms with Gasteiger partial charge < -0.3 is 21.3 Å². The number of nitrogens with one attached hydrogen (secondary N) is 2. The molecule has 2 amide bonds. The van der Waals surface area contributed by atoms with Gasteiger partial charge in [0, 0.05) is 25.2 Å². The SMILES string of the molecule is CC(C)[C@H](N)C(=O)NCC(=O)NC1CCN(C2CCCCC2)CC1. The number of nitrogens with two attached hydrogens (primary N) is 1. The van der Waals surface area contributed by atoms with Crippen LogP contribution in [0, 0.1) is 5.92 Å². The van der Waals surface area contributed by atoms with Gasteiger partial charge in [0.2, 0.25) is 11.8 Å². The van der Waals surface area contributed by atoms with Gasteiger partial charge in [0.15, 0.2) is 0 Å². The van der Waals surface area contributed by atoms with Crippen LogP contribution in [0.1, 0.15) is 58.8 Å². The van der Waals surface area contributed by atoms with Gasteiger partial charge in [-0.2, -0.15) is 0 Å². The highest BCUT2D eigenvalue weighted by Crippen LogP contribution is 2.25. The fraction of sp³-hybridized carbons (Fsp3) is 0.889. The van der Waals surface area contributed by atoms with E-state index in [0.29, 0.717) is 0 Å². The molecule has 0 aromatic carbocycles. The molecule has 1 atom stereocenters. The van der Waals surface area contributed by atoms with Crippen LogP contribution in [-0.2, 0) is 9.59 Å². The minimum Gasteiger partial charge on any atom is -0.352 e. The van der Waals surface area contributed by atoms with E-state index in [1.165, 1.54) is 32.1 Å². The van der Waals surface area contributed by atoms with Crippen LogP contribution >= 0.6 is 0 Å². The van der Waals surface area contributed by atoms with Crippen molar-refractivity contribution in [3.63, 3.8) is 0 Å². The van der Waals surface area contributed by atoms with E-state index >= 15 is 0 Å². The standard InChI is InChI=1S/C18H34N4O2/c1-13(2)17(19)18(24)20-12-16(23)21-14-8-10-22(11-9-14)15-6-4-3-5-7-15/h13-15,17H,3-12,19H2,1-2H3,(H,20,24)(H,21,23)/t17-/m0/s1. The molecule has 2 fully saturated rings. The maximum atomic E-state index is 12.0. The number of nitrogens with zero attached hydrogens (tertiary/aromatic N) is 1. The van der Waals surface area contributed by atoms with Crippen molar-refractivity contribution < 1.29 is 9.59 Å². The summed E-state index contributed by atoms with van der Waals surface area (Å²) in [6, 6.07) is 0.428. The lowest BCUT2D eigenvalue weighted by atomic mass is 9.92. The van der Waals surface area contributed by atoms with Gasteiger partial charge >= 0.3 is 0 Å². The maximum absolute atomic E-state index is 12.0. The van der Waals surface area contributed by atoms with Crippen LogP contribution in [0.4, 0.5) is 0 Å². The number of hydrogen-bond acceptors (Lipinski definition) is 4. The predicted octanol–water partition coefficient (Wildman–Crippen LogP) is 0.999. The Morgan fingerprint density at radius 1 is 1.08 bits per heavy atom. The van der Waals surface area contributed by atoms with Crippen molar-refractivity contribution in [2.45, 2.75) is 76.9 Å². The zero-order valence-corrected chi connectivity index (χ0v) is 15.2. The molecule has 2 aliphatic rings. The van der Waals surface area contributed by atoms with E-state index in [1.807, 2.05) is 13.8 Å². The Morgan fingerprint density at radius 2 is 1.71 bits per heavy atom. The molecule has 2 rings (SSSR count). The van der Waals surface area contributed by atoms with E-state index in [0.717, 1.165) is 32.0 Å². The highest BCUT2D eigenvalue weighted by atomic mass is 16.2. The Bertz CT molecular complexity index is 413. The summed E-state index contributed by atoms with van der Waals surface area (Å²) in [5.74, 6) is -0.306. The monoisotopic (exact) mass is 338 g/mol. The second-order valence-electron chi connectivity index (χ2n) is 7.66.